The van der Waals surface area contributed by atoms with E-state index in [2.05, 4.69) is 26.0 Å². The van der Waals surface area contributed by atoms with Crippen LogP contribution in [-0.4, -0.2) is 43.2 Å². The zero-order chi connectivity index (χ0) is 16.8. The summed E-state index contributed by atoms with van der Waals surface area (Å²) in [6.45, 7) is 8.89. The number of nitrogens with two attached hydrogens (primary N) is 1. The summed E-state index contributed by atoms with van der Waals surface area (Å²) in [4.78, 5) is 14.5. The monoisotopic (exact) mass is 354 g/mol. The normalized spacial score (nSPS) is 21.6. The van der Waals surface area contributed by atoms with Crippen LogP contribution in [0.4, 0.5) is 0 Å². The minimum atomic E-state index is -0.373. The molecule has 24 heavy (non-hydrogen) atoms. The lowest BCUT2D eigenvalue weighted by Crippen LogP contribution is -2.38. The summed E-state index contributed by atoms with van der Waals surface area (Å²) in [5.41, 5.74) is 7.21. The lowest BCUT2D eigenvalue weighted by atomic mass is 9.89. The minimum absolute atomic E-state index is 0. The van der Waals surface area contributed by atoms with Gasteiger partial charge in [0, 0.05) is 25.6 Å². The average Bonchev–Trinajstić information content (AvgIpc) is 2.98. The van der Waals surface area contributed by atoms with Crippen LogP contribution in [0.2, 0.25) is 0 Å². The molecule has 0 aromatic heterocycles. The first-order valence-electron chi connectivity index (χ1n) is 8.68. The third-order valence-electron chi connectivity index (χ3n) is 4.69. The van der Waals surface area contributed by atoms with Crippen LogP contribution < -0.4 is 5.73 Å². The van der Waals surface area contributed by atoms with Gasteiger partial charge in [-0.05, 0) is 37.3 Å². The molecule has 0 radical (unpaired) electrons. The molecular formula is C19H31ClN2O2. The van der Waals surface area contributed by atoms with Crippen LogP contribution in [-0.2, 0) is 9.53 Å². The first-order chi connectivity index (χ1) is 11.0. The molecule has 1 aliphatic heterocycles. The van der Waals surface area contributed by atoms with Crippen LogP contribution in [0.15, 0.2) is 30.3 Å². The van der Waals surface area contributed by atoms with Crippen molar-refractivity contribution in [1.82, 2.24) is 4.90 Å². The SMILES string of the molecule is CC(C)CCOC(C)C(=O)N1C[C@@H](CN)[C@H](c2ccccc2)C1.Cl. The molecule has 4 nitrogen and oxygen atoms in total. The number of halogens is 1. The first-order valence-corrected chi connectivity index (χ1v) is 8.68. The number of benzene rings is 1. The first kappa shape index (κ1) is 20.9. The number of likely N-dealkylation sites (tertiary alicyclic amines) is 1. The maximum atomic E-state index is 12.6. The predicted octanol–water partition coefficient (Wildman–Crippen LogP) is 3.06. The fourth-order valence-corrected chi connectivity index (χ4v) is 3.18. The van der Waals surface area contributed by atoms with Crippen molar-refractivity contribution in [2.75, 3.05) is 26.2 Å². The number of carbonyl (C=O) groups is 1. The smallest absolute Gasteiger partial charge is 0.251 e. The Morgan fingerprint density at radius 1 is 1.25 bits per heavy atom. The third kappa shape index (κ3) is 5.47. The maximum absolute atomic E-state index is 12.6. The van der Waals surface area contributed by atoms with Crippen molar-refractivity contribution in [3.8, 4) is 0 Å². The van der Waals surface area contributed by atoms with Gasteiger partial charge in [-0.15, -0.1) is 12.4 Å². The quantitative estimate of drug-likeness (QED) is 0.818. The zero-order valence-corrected chi connectivity index (χ0v) is 15.8. The maximum Gasteiger partial charge on any atom is 0.251 e. The molecule has 0 bridgehead atoms. The molecule has 5 heteroatoms. The van der Waals surface area contributed by atoms with Gasteiger partial charge in [-0.2, -0.15) is 0 Å². The number of hydrogen-bond donors (Lipinski definition) is 1. The van der Waals surface area contributed by atoms with Crippen LogP contribution in [0.25, 0.3) is 0 Å². The van der Waals surface area contributed by atoms with E-state index in [9.17, 15) is 4.79 Å². The minimum Gasteiger partial charge on any atom is -0.369 e. The molecule has 1 aromatic carbocycles. The summed E-state index contributed by atoms with van der Waals surface area (Å²) < 4.78 is 5.71. The second-order valence-electron chi connectivity index (χ2n) is 6.95. The molecule has 0 spiro atoms. The second-order valence-corrected chi connectivity index (χ2v) is 6.95. The van der Waals surface area contributed by atoms with Gasteiger partial charge in [-0.25, -0.2) is 0 Å². The van der Waals surface area contributed by atoms with Crippen molar-refractivity contribution in [1.29, 1.82) is 0 Å². The predicted molar refractivity (Wildman–Crippen MR) is 100 cm³/mol. The van der Waals surface area contributed by atoms with Gasteiger partial charge in [0.15, 0.2) is 0 Å². The van der Waals surface area contributed by atoms with Crippen molar-refractivity contribution in [2.24, 2.45) is 17.6 Å². The standard InChI is InChI=1S/C19H30N2O2.ClH/c1-14(2)9-10-23-15(3)19(22)21-12-17(11-20)18(13-21)16-7-5-4-6-8-16;/h4-8,14-15,17-18H,9-13,20H2,1-3H3;1H/t15?,17-,18+;/m1./s1. The molecule has 1 heterocycles. The molecule has 2 rings (SSSR count). The highest BCUT2D eigenvalue weighted by Crippen LogP contribution is 2.32. The van der Waals surface area contributed by atoms with Crippen LogP contribution in [0.1, 0.15) is 38.7 Å². The van der Waals surface area contributed by atoms with Gasteiger partial charge in [0.25, 0.3) is 5.91 Å². The van der Waals surface area contributed by atoms with Gasteiger partial charge in [-0.3, -0.25) is 4.79 Å². The lowest BCUT2D eigenvalue weighted by Gasteiger charge is -2.21. The molecular weight excluding hydrogens is 324 g/mol. The van der Waals surface area contributed by atoms with E-state index in [0.717, 1.165) is 19.5 Å². The number of hydrogen-bond acceptors (Lipinski definition) is 3. The number of rotatable bonds is 7. The van der Waals surface area contributed by atoms with Crippen molar-refractivity contribution in [2.45, 2.75) is 39.2 Å². The topological polar surface area (TPSA) is 55.6 Å². The Morgan fingerprint density at radius 2 is 1.92 bits per heavy atom. The Balaban J connectivity index is 0.00000288. The molecule has 0 aliphatic carbocycles. The van der Waals surface area contributed by atoms with E-state index < -0.39 is 0 Å². The van der Waals surface area contributed by atoms with Crippen LogP contribution >= 0.6 is 12.4 Å². The van der Waals surface area contributed by atoms with E-state index in [1.165, 1.54) is 5.56 Å². The Morgan fingerprint density at radius 3 is 2.50 bits per heavy atom. The molecule has 1 fully saturated rings. The molecule has 1 aliphatic rings. The average molecular weight is 355 g/mol. The zero-order valence-electron chi connectivity index (χ0n) is 15.0. The molecule has 3 atom stereocenters. The van der Waals surface area contributed by atoms with Gasteiger partial charge in [0.1, 0.15) is 6.10 Å². The number of carbonyl (C=O) groups excluding carboxylic acids is 1. The fourth-order valence-electron chi connectivity index (χ4n) is 3.18. The van der Waals surface area contributed by atoms with Crippen molar-refractivity contribution < 1.29 is 9.53 Å². The van der Waals surface area contributed by atoms with Gasteiger partial charge >= 0.3 is 0 Å². The Bertz CT molecular complexity index is 495. The van der Waals surface area contributed by atoms with E-state index in [-0.39, 0.29) is 24.4 Å². The Kier molecular flexibility index (Phi) is 8.74. The summed E-state index contributed by atoms with van der Waals surface area (Å²) in [5.74, 6) is 1.33. The van der Waals surface area contributed by atoms with Gasteiger partial charge in [0.2, 0.25) is 0 Å². The summed E-state index contributed by atoms with van der Waals surface area (Å²) in [6, 6.07) is 10.4. The third-order valence-corrected chi connectivity index (χ3v) is 4.69. The summed E-state index contributed by atoms with van der Waals surface area (Å²) in [6.07, 6.45) is 0.608. The second kappa shape index (κ2) is 10.0. The van der Waals surface area contributed by atoms with Crippen molar-refractivity contribution in [3.63, 3.8) is 0 Å². The highest BCUT2D eigenvalue weighted by Gasteiger charge is 2.36. The van der Waals surface area contributed by atoms with Crippen molar-refractivity contribution >= 4 is 18.3 Å². The van der Waals surface area contributed by atoms with Crippen LogP contribution in [0.5, 0.6) is 0 Å². The Hall–Kier alpha value is -1.10. The number of nitrogens with zero attached hydrogens (tertiary/aromatic N) is 1. The van der Waals surface area contributed by atoms with Gasteiger partial charge in [0.05, 0.1) is 0 Å². The van der Waals surface area contributed by atoms with E-state index >= 15 is 0 Å². The molecule has 1 unspecified atom stereocenters. The Labute approximate surface area is 152 Å². The molecule has 136 valence electrons. The van der Waals surface area contributed by atoms with E-state index in [1.54, 1.807) is 0 Å². The lowest BCUT2D eigenvalue weighted by molar-refractivity contribution is -0.141. The fraction of sp³-hybridized carbons (Fsp3) is 0.632. The van der Waals surface area contributed by atoms with Crippen LogP contribution in [0, 0.1) is 11.8 Å². The summed E-state index contributed by atoms with van der Waals surface area (Å²) >= 11 is 0. The summed E-state index contributed by atoms with van der Waals surface area (Å²) in [5, 5.41) is 0. The number of ether oxygens (including phenoxy) is 1. The molecule has 1 amide bonds. The summed E-state index contributed by atoms with van der Waals surface area (Å²) in [7, 11) is 0. The van der Waals surface area contributed by atoms with Crippen molar-refractivity contribution in [3.05, 3.63) is 35.9 Å². The molecule has 1 aromatic rings. The van der Waals surface area contributed by atoms with Crippen LogP contribution in [0.3, 0.4) is 0 Å². The van der Waals surface area contributed by atoms with E-state index in [1.807, 2.05) is 30.0 Å². The largest absolute Gasteiger partial charge is 0.369 e. The molecule has 2 N–H and O–H groups in total. The molecule has 1 saturated heterocycles. The highest BCUT2D eigenvalue weighted by atomic mass is 35.5. The number of amides is 1. The van der Waals surface area contributed by atoms with E-state index in [4.69, 9.17) is 10.5 Å². The van der Waals surface area contributed by atoms with E-state index in [0.29, 0.717) is 30.9 Å². The van der Waals surface area contributed by atoms with Gasteiger partial charge in [-0.1, -0.05) is 44.2 Å². The van der Waals surface area contributed by atoms with Gasteiger partial charge < -0.3 is 15.4 Å². The molecule has 0 saturated carbocycles. The highest BCUT2D eigenvalue weighted by molar-refractivity contribution is 5.85.